The maximum absolute atomic E-state index is 14.0. The van der Waals surface area contributed by atoms with Crippen LogP contribution in [0.2, 0.25) is 0 Å². The van der Waals surface area contributed by atoms with Crippen molar-refractivity contribution in [1.29, 1.82) is 0 Å². The van der Waals surface area contributed by atoms with Crippen molar-refractivity contribution in [2.24, 2.45) is 0 Å². The molecule has 0 bridgehead atoms. The molecule has 2 aliphatic rings. The van der Waals surface area contributed by atoms with Gasteiger partial charge in [0.25, 0.3) is 5.91 Å². The minimum Gasteiger partial charge on any atom is -0.340 e. The quantitative estimate of drug-likeness (QED) is 0.559. The van der Waals surface area contributed by atoms with Crippen LogP contribution in [0.5, 0.6) is 0 Å². The van der Waals surface area contributed by atoms with Crippen molar-refractivity contribution in [3.63, 3.8) is 0 Å². The summed E-state index contributed by atoms with van der Waals surface area (Å²) >= 11 is 0. The number of benzene rings is 3. The molecule has 0 N–H and O–H groups in total. The number of amides is 2. The highest BCUT2D eigenvalue weighted by atomic mass is 16.2. The highest BCUT2D eigenvalue weighted by molar-refractivity contribution is 6.01. The van der Waals surface area contributed by atoms with Crippen LogP contribution < -0.4 is 0 Å². The van der Waals surface area contributed by atoms with Crippen molar-refractivity contribution >= 4 is 17.9 Å². The Morgan fingerprint density at radius 2 is 1.49 bits per heavy atom. The zero-order valence-corrected chi connectivity index (χ0v) is 20.1. The van der Waals surface area contributed by atoms with Gasteiger partial charge in [-0.3, -0.25) is 14.5 Å². The molecule has 0 aliphatic carbocycles. The Morgan fingerprint density at radius 3 is 2.20 bits per heavy atom. The first-order valence-corrected chi connectivity index (χ1v) is 12.3. The maximum atomic E-state index is 14.0. The van der Waals surface area contributed by atoms with Gasteiger partial charge in [0.2, 0.25) is 5.91 Å². The van der Waals surface area contributed by atoms with Crippen LogP contribution in [0.25, 0.3) is 6.08 Å². The highest BCUT2D eigenvalue weighted by Gasteiger charge is 2.44. The molecule has 0 saturated carbocycles. The van der Waals surface area contributed by atoms with Crippen molar-refractivity contribution in [1.82, 2.24) is 14.7 Å². The second-order valence-corrected chi connectivity index (χ2v) is 9.28. The molecule has 3 aromatic carbocycles. The normalized spacial score (nSPS) is 20.8. The van der Waals surface area contributed by atoms with Crippen LogP contribution in [0.1, 0.15) is 39.0 Å². The van der Waals surface area contributed by atoms with Crippen molar-refractivity contribution in [2.45, 2.75) is 12.0 Å². The van der Waals surface area contributed by atoms with Gasteiger partial charge in [0.05, 0.1) is 12.0 Å². The fourth-order valence-corrected chi connectivity index (χ4v) is 5.26. The number of piperazine rings is 1. The first-order chi connectivity index (χ1) is 17.1. The Morgan fingerprint density at radius 1 is 0.857 bits per heavy atom. The van der Waals surface area contributed by atoms with E-state index in [1.54, 1.807) is 4.90 Å². The molecule has 2 atom stereocenters. The number of likely N-dealkylation sites (N-methyl/N-ethyl adjacent to an activating group) is 1. The van der Waals surface area contributed by atoms with Crippen LogP contribution in [-0.2, 0) is 4.79 Å². The van der Waals surface area contributed by atoms with Crippen molar-refractivity contribution in [2.75, 3.05) is 39.8 Å². The zero-order valence-electron chi connectivity index (χ0n) is 20.1. The van der Waals surface area contributed by atoms with E-state index in [1.165, 1.54) is 5.56 Å². The zero-order chi connectivity index (χ0) is 24.2. The second kappa shape index (κ2) is 10.3. The highest BCUT2D eigenvalue weighted by Crippen LogP contribution is 2.42. The molecule has 2 heterocycles. The molecule has 3 aromatic rings. The Bertz CT molecular complexity index is 1200. The third-order valence-electron chi connectivity index (χ3n) is 7.14. The summed E-state index contributed by atoms with van der Waals surface area (Å²) in [7, 11) is 1.81. The topological polar surface area (TPSA) is 43.9 Å². The van der Waals surface area contributed by atoms with E-state index in [1.807, 2.05) is 84.7 Å². The van der Waals surface area contributed by atoms with E-state index in [9.17, 15) is 9.59 Å². The number of hydrogen-bond donors (Lipinski definition) is 0. The molecule has 2 aliphatic heterocycles. The number of fused-ring (bicyclic) bond motifs is 1. The molecule has 35 heavy (non-hydrogen) atoms. The molecule has 178 valence electrons. The van der Waals surface area contributed by atoms with Gasteiger partial charge in [0.15, 0.2) is 0 Å². The van der Waals surface area contributed by atoms with E-state index < -0.39 is 5.92 Å². The summed E-state index contributed by atoms with van der Waals surface area (Å²) in [6.07, 6.45) is 4.34. The SMILES string of the molecule is CN1C(=O)c2ccccc2C(C(=O)N2CCN(CC=Cc3ccccc3)CC2)C1c1ccccc1. The number of rotatable bonds is 5. The van der Waals surface area contributed by atoms with Crippen LogP contribution in [0.4, 0.5) is 0 Å². The monoisotopic (exact) mass is 465 g/mol. The van der Waals surface area contributed by atoms with E-state index in [0.717, 1.165) is 30.8 Å². The summed E-state index contributed by atoms with van der Waals surface area (Å²) in [5, 5.41) is 0. The lowest BCUT2D eigenvalue weighted by atomic mass is 9.79. The largest absolute Gasteiger partial charge is 0.340 e. The third kappa shape index (κ3) is 4.77. The molecule has 0 aromatic heterocycles. The van der Waals surface area contributed by atoms with Gasteiger partial charge in [0, 0.05) is 45.3 Å². The van der Waals surface area contributed by atoms with Gasteiger partial charge in [0.1, 0.15) is 0 Å². The molecule has 2 amide bonds. The molecule has 2 unspecified atom stereocenters. The number of carbonyl (C=O) groups excluding carboxylic acids is 2. The Kier molecular flexibility index (Phi) is 6.77. The van der Waals surface area contributed by atoms with Gasteiger partial charge >= 0.3 is 0 Å². The fourth-order valence-electron chi connectivity index (χ4n) is 5.26. The van der Waals surface area contributed by atoms with Crippen molar-refractivity contribution in [3.8, 4) is 0 Å². The van der Waals surface area contributed by atoms with Crippen LogP contribution in [0.3, 0.4) is 0 Å². The molecular weight excluding hydrogens is 434 g/mol. The van der Waals surface area contributed by atoms with Gasteiger partial charge in [-0.15, -0.1) is 0 Å². The summed E-state index contributed by atoms with van der Waals surface area (Å²) in [5.41, 5.74) is 3.65. The molecule has 5 heteroatoms. The van der Waals surface area contributed by atoms with Crippen molar-refractivity contribution < 1.29 is 9.59 Å². The summed E-state index contributed by atoms with van der Waals surface area (Å²) in [6, 6.07) is 27.5. The van der Waals surface area contributed by atoms with Gasteiger partial charge in [-0.25, -0.2) is 0 Å². The molecule has 1 saturated heterocycles. The standard InChI is InChI=1S/C30H31N3O2/c1-31-28(24-14-6-3-7-15-24)27(25-16-8-9-17-26(25)29(31)34)30(35)33-21-19-32(20-22-33)18-10-13-23-11-4-2-5-12-23/h2-17,27-28H,18-22H2,1H3. The number of nitrogens with zero attached hydrogens (tertiary/aromatic N) is 3. The maximum Gasteiger partial charge on any atom is 0.254 e. The Hall–Kier alpha value is -3.70. The van der Waals surface area contributed by atoms with E-state index >= 15 is 0 Å². The lowest BCUT2D eigenvalue weighted by molar-refractivity contribution is -0.136. The number of carbonyl (C=O) groups is 2. The van der Waals surface area contributed by atoms with E-state index in [4.69, 9.17) is 0 Å². The summed E-state index contributed by atoms with van der Waals surface area (Å²) in [6.45, 7) is 3.92. The van der Waals surface area contributed by atoms with Crippen molar-refractivity contribution in [3.05, 3.63) is 113 Å². The van der Waals surface area contributed by atoms with Crippen LogP contribution in [0.15, 0.2) is 91.0 Å². The second-order valence-electron chi connectivity index (χ2n) is 9.28. The first kappa shape index (κ1) is 23.1. The van der Waals surface area contributed by atoms with Gasteiger partial charge < -0.3 is 9.80 Å². The van der Waals surface area contributed by atoms with Crippen LogP contribution >= 0.6 is 0 Å². The van der Waals surface area contributed by atoms with E-state index in [0.29, 0.717) is 18.7 Å². The van der Waals surface area contributed by atoms with Gasteiger partial charge in [-0.05, 0) is 22.8 Å². The Balaban J connectivity index is 1.33. The van der Waals surface area contributed by atoms with Gasteiger partial charge in [-0.2, -0.15) is 0 Å². The summed E-state index contributed by atoms with van der Waals surface area (Å²) in [4.78, 5) is 33.3. The lowest BCUT2D eigenvalue weighted by Gasteiger charge is -2.43. The summed E-state index contributed by atoms with van der Waals surface area (Å²) in [5.74, 6) is -0.348. The molecule has 1 fully saturated rings. The predicted molar refractivity (Wildman–Crippen MR) is 139 cm³/mol. The number of hydrogen-bond acceptors (Lipinski definition) is 3. The molecule has 0 spiro atoms. The first-order valence-electron chi connectivity index (χ1n) is 12.3. The lowest BCUT2D eigenvalue weighted by Crippen LogP contribution is -2.52. The van der Waals surface area contributed by atoms with Crippen LogP contribution in [0, 0.1) is 0 Å². The molecule has 5 rings (SSSR count). The minimum atomic E-state index is -0.416. The molecule has 5 nitrogen and oxygen atoms in total. The molecule has 0 radical (unpaired) electrons. The fraction of sp³-hybridized carbons (Fsp3) is 0.267. The van der Waals surface area contributed by atoms with E-state index in [2.05, 4.69) is 29.2 Å². The van der Waals surface area contributed by atoms with Gasteiger partial charge in [-0.1, -0.05) is 91.0 Å². The average Bonchev–Trinajstić information content (AvgIpc) is 2.92. The minimum absolute atomic E-state index is 0.0338. The smallest absolute Gasteiger partial charge is 0.254 e. The summed E-state index contributed by atoms with van der Waals surface area (Å²) < 4.78 is 0. The Labute approximate surface area is 207 Å². The predicted octanol–water partition coefficient (Wildman–Crippen LogP) is 4.45. The van der Waals surface area contributed by atoms with E-state index in [-0.39, 0.29) is 17.9 Å². The average molecular weight is 466 g/mol. The molecular formula is C30H31N3O2. The third-order valence-corrected chi connectivity index (χ3v) is 7.14. The van der Waals surface area contributed by atoms with Crippen LogP contribution in [-0.4, -0.2) is 66.3 Å².